The maximum atomic E-state index is 12.6. The van der Waals surface area contributed by atoms with Crippen molar-refractivity contribution in [3.8, 4) is 0 Å². The van der Waals surface area contributed by atoms with Crippen LogP contribution in [0.5, 0.6) is 0 Å². The zero-order chi connectivity index (χ0) is 18.7. The fourth-order valence-electron chi connectivity index (χ4n) is 2.84. The smallest absolute Gasteiger partial charge is 0.320 e. The fourth-order valence-corrected chi connectivity index (χ4v) is 2.84. The summed E-state index contributed by atoms with van der Waals surface area (Å²) in [6, 6.07) is 14.4. The van der Waals surface area contributed by atoms with Gasteiger partial charge in [-0.15, -0.1) is 0 Å². The van der Waals surface area contributed by atoms with Gasteiger partial charge in [0.05, 0.1) is 5.69 Å². The topological polar surface area (TPSA) is 113 Å². The normalized spacial score (nSPS) is 12.0. The van der Waals surface area contributed by atoms with Crippen molar-refractivity contribution in [1.29, 1.82) is 0 Å². The van der Waals surface area contributed by atoms with Crippen LogP contribution in [0, 0.1) is 0 Å². The number of benzene rings is 2. The maximum absolute atomic E-state index is 12.6. The highest BCUT2D eigenvalue weighted by Crippen LogP contribution is 2.12. The number of aliphatic carboxylic acids is 1. The number of aromatic nitrogens is 1. The lowest BCUT2D eigenvalue weighted by Crippen LogP contribution is -2.32. The maximum Gasteiger partial charge on any atom is 0.320 e. The van der Waals surface area contributed by atoms with Gasteiger partial charge in [0.15, 0.2) is 11.2 Å². The first-order valence-electron chi connectivity index (χ1n) is 8.15. The van der Waals surface area contributed by atoms with E-state index in [1.807, 2.05) is 0 Å². The Labute approximate surface area is 149 Å². The lowest BCUT2D eigenvalue weighted by molar-refractivity contribution is -0.138. The van der Waals surface area contributed by atoms with Gasteiger partial charge in [0.1, 0.15) is 6.04 Å². The first kappa shape index (κ1) is 17.6. The number of hydrogen-bond acceptors (Lipinski definition) is 4. The minimum Gasteiger partial charge on any atom is -0.480 e. The van der Waals surface area contributed by atoms with E-state index in [2.05, 4.69) is 4.98 Å². The number of carbonyl (C=O) groups is 2. The number of carboxylic acid groups (broad SMARTS) is 1. The van der Waals surface area contributed by atoms with Crippen molar-refractivity contribution in [2.75, 3.05) is 0 Å². The first-order chi connectivity index (χ1) is 12.4. The number of fused-ring (bicyclic) bond motifs is 1. The molecule has 1 atom stereocenters. The Hall–Kier alpha value is -3.25. The number of ketones is 1. The molecule has 1 heterocycles. The van der Waals surface area contributed by atoms with Crippen LogP contribution in [0.3, 0.4) is 0 Å². The van der Waals surface area contributed by atoms with E-state index in [0.29, 0.717) is 10.9 Å². The summed E-state index contributed by atoms with van der Waals surface area (Å²) in [5.41, 5.74) is 7.70. The van der Waals surface area contributed by atoms with Crippen LogP contribution in [0.25, 0.3) is 10.9 Å². The Bertz CT molecular complexity index is 1040. The van der Waals surface area contributed by atoms with Crippen molar-refractivity contribution < 1.29 is 14.7 Å². The van der Waals surface area contributed by atoms with Crippen molar-refractivity contribution in [2.45, 2.75) is 18.9 Å². The Morgan fingerprint density at radius 1 is 1.04 bits per heavy atom. The Morgan fingerprint density at radius 2 is 1.77 bits per heavy atom. The summed E-state index contributed by atoms with van der Waals surface area (Å²) >= 11 is 0. The quantitative estimate of drug-likeness (QED) is 0.588. The molecule has 1 aromatic heterocycles. The summed E-state index contributed by atoms with van der Waals surface area (Å²) in [6.45, 7) is 0. The molecule has 0 saturated carbocycles. The summed E-state index contributed by atoms with van der Waals surface area (Å²) < 4.78 is 0. The van der Waals surface area contributed by atoms with Gasteiger partial charge in [-0.25, -0.2) is 0 Å². The SMILES string of the molecule is N[C@@H](Cc1cccc(CC(=O)c2cc(=O)c3ccccc3[nH]2)c1)C(=O)O. The molecule has 0 radical (unpaired) electrons. The number of aromatic amines is 1. The van der Waals surface area contributed by atoms with Gasteiger partial charge in [-0.2, -0.15) is 0 Å². The Morgan fingerprint density at radius 3 is 2.54 bits per heavy atom. The third kappa shape index (κ3) is 3.87. The number of pyridine rings is 1. The van der Waals surface area contributed by atoms with Gasteiger partial charge in [0.2, 0.25) is 0 Å². The van der Waals surface area contributed by atoms with Crippen molar-refractivity contribution in [1.82, 2.24) is 4.98 Å². The van der Waals surface area contributed by atoms with Gasteiger partial charge >= 0.3 is 5.97 Å². The van der Waals surface area contributed by atoms with Crippen molar-refractivity contribution in [3.63, 3.8) is 0 Å². The zero-order valence-electron chi connectivity index (χ0n) is 13.9. The van der Waals surface area contributed by atoms with E-state index in [9.17, 15) is 14.4 Å². The van der Waals surface area contributed by atoms with Gasteiger partial charge in [0.25, 0.3) is 0 Å². The molecule has 6 nitrogen and oxygen atoms in total. The van der Waals surface area contributed by atoms with Crippen LogP contribution in [0.1, 0.15) is 21.6 Å². The molecule has 0 aliphatic carbocycles. The zero-order valence-corrected chi connectivity index (χ0v) is 13.9. The number of carboxylic acids is 1. The molecule has 0 amide bonds. The lowest BCUT2D eigenvalue weighted by atomic mass is 10.00. The van der Waals surface area contributed by atoms with Crippen LogP contribution in [0.15, 0.2) is 59.4 Å². The monoisotopic (exact) mass is 350 g/mol. The summed E-state index contributed by atoms with van der Waals surface area (Å²) in [4.78, 5) is 38.6. The summed E-state index contributed by atoms with van der Waals surface area (Å²) in [5.74, 6) is -1.28. The number of nitrogens with two attached hydrogens (primary N) is 1. The minimum absolute atomic E-state index is 0.102. The number of Topliss-reactive ketones (excluding diaryl/α,β-unsaturated/α-hetero) is 1. The first-order valence-corrected chi connectivity index (χ1v) is 8.15. The second kappa shape index (κ2) is 7.33. The molecular weight excluding hydrogens is 332 g/mol. The van der Waals surface area contributed by atoms with Crippen LogP contribution in [-0.4, -0.2) is 27.9 Å². The largest absolute Gasteiger partial charge is 0.480 e. The summed E-state index contributed by atoms with van der Waals surface area (Å²) in [5, 5.41) is 9.44. The number of hydrogen-bond donors (Lipinski definition) is 3. The predicted molar refractivity (Wildman–Crippen MR) is 98.4 cm³/mol. The Kier molecular flexibility index (Phi) is 4.95. The van der Waals surface area contributed by atoms with E-state index < -0.39 is 12.0 Å². The molecule has 4 N–H and O–H groups in total. The van der Waals surface area contributed by atoms with E-state index in [0.717, 1.165) is 11.1 Å². The van der Waals surface area contributed by atoms with Gasteiger partial charge in [-0.3, -0.25) is 14.4 Å². The molecule has 6 heteroatoms. The van der Waals surface area contributed by atoms with Gasteiger partial charge in [-0.05, 0) is 29.7 Å². The third-order valence-corrected chi connectivity index (χ3v) is 4.17. The standard InChI is InChI=1S/C20H18N2O4/c21-15(20(25)26)9-12-4-3-5-13(8-12)10-19(24)17-11-18(23)14-6-1-2-7-16(14)22-17/h1-8,11,15H,9-10,21H2,(H,22,23)(H,25,26)/t15-/m0/s1. The van der Waals surface area contributed by atoms with E-state index in [-0.39, 0.29) is 29.7 Å². The van der Waals surface area contributed by atoms with Crippen LogP contribution in [0.4, 0.5) is 0 Å². The van der Waals surface area contributed by atoms with E-state index >= 15 is 0 Å². The molecule has 0 unspecified atom stereocenters. The molecule has 3 rings (SSSR count). The predicted octanol–water partition coefficient (Wildman–Crippen LogP) is 1.91. The number of carbonyl (C=O) groups excluding carboxylic acids is 1. The molecule has 0 aliphatic rings. The van der Waals surface area contributed by atoms with Crippen LogP contribution >= 0.6 is 0 Å². The second-order valence-electron chi connectivity index (χ2n) is 6.16. The van der Waals surface area contributed by atoms with Gasteiger partial charge < -0.3 is 15.8 Å². The molecule has 26 heavy (non-hydrogen) atoms. The highest BCUT2D eigenvalue weighted by atomic mass is 16.4. The van der Waals surface area contributed by atoms with Crippen molar-refractivity contribution in [2.24, 2.45) is 5.73 Å². The van der Waals surface area contributed by atoms with E-state index in [4.69, 9.17) is 10.8 Å². The van der Waals surface area contributed by atoms with Crippen molar-refractivity contribution >= 4 is 22.7 Å². The number of rotatable bonds is 6. The molecule has 132 valence electrons. The molecule has 0 saturated heterocycles. The highest BCUT2D eigenvalue weighted by Gasteiger charge is 2.14. The van der Waals surface area contributed by atoms with Gasteiger partial charge in [0, 0.05) is 23.4 Å². The molecule has 0 aliphatic heterocycles. The van der Waals surface area contributed by atoms with Gasteiger partial charge in [-0.1, -0.05) is 36.4 Å². The number of para-hydroxylation sites is 1. The second-order valence-corrected chi connectivity index (χ2v) is 6.16. The average molecular weight is 350 g/mol. The molecule has 3 aromatic rings. The summed E-state index contributed by atoms with van der Waals surface area (Å²) in [7, 11) is 0. The van der Waals surface area contributed by atoms with E-state index in [1.165, 1.54) is 6.07 Å². The number of H-pyrrole nitrogens is 1. The summed E-state index contributed by atoms with van der Waals surface area (Å²) in [6.07, 6.45) is 0.286. The van der Waals surface area contributed by atoms with Crippen LogP contribution in [-0.2, 0) is 17.6 Å². The lowest BCUT2D eigenvalue weighted by Gasteiger charge is -2.08. The van der Waals surface area contributed by atoms with Crippen LogP contribution in [0.2, 0.25) is 0 Å². The molecular formula is C20H18N2O4. The molecule has 2 aromatic carbocycles. The average Bonchev–Trinajstić information content (AvgIpc) is 2.62. The van der Waals surface area contributed by atoms with Crippen LogP contribution < -0.4 is 11.2 Å². The molecule has 0 spiro atoms. The number of nitrogens with one attached hydrogen (secondary N) is 1. The fraction of sp³-hybridized carbons (Fsp3) is 0.150. The highest BCUT2D eigenvalue weighted by molar-refractivity contribution is 5.97. The minimum atomic E-state index is -1.07. The molecule has 0 bridgehead atoms. The molecule has 0 fully saturated rings. The van der Waals surface area contributed by atoms with Crippen molar-refractivity contribution in [3.05, 3.63) is 81.6 Å². The van der Waals surface area contributed by atoms with E-state index in [1.54, 1.807) is 48.5 Å². The Balaban J connectivity index is 1.82. The third-order valence-electron chi connectivity index (χ3n) is 4.17.